The average Bonchev–Trinajstić information content (AvgIpc) is 2.34. The van der Waals surface area contributed by atoms with Gasteiger partial charge in [0.25, 0.3) is 0 Å². The van der Waals surface area contributed by atoms with Crippen LogP contribution in [-0.4, -0.2) is 18.5 Å². The summed E-state index contributed by atoms with van der Waals surface area (Å²) in [5.74, 6) is 0.922. The molecule has 0 heterocycles. The van der Waals surface area contributed by atoms with E-state index in [1.54, 1.807) is 7.11 Å². The molecule has 0 fully saturated rings. The van der Waals surface area contributed by atoms with Crippen LogP contribution in [0.2, 0.25) is 0 Å². The Morgan fingerprint density at radius 3 is 2.94 bits per heavy atom. The molecule has 0 radical (unpaired) electrons. The zero-order valence-corrected chi connectivity index (χ0v) is 11.6. The topological polar surface area (TPSA) is 21.3 Å². The number of nitrogens with one attached hydrogen (secondary N) is 1. The first-order chi connectivity index (χ1) is 7.76. The number of hydrogen-bond donors (Lipinski definition) is 1. The number of rotatable bonds is 7. The largest absolute Gasteiger partial charge is 0.497 e. The second-order valence-corrected chi connectivity index (χ2v) is 5.12. The molecule has 0 saturated heterocycles. The van der Waals surface area contributed by atoms with Crippen molar-refractivity contribution >= 4 is 15.9 Å². The van der Waals surface area contributed by atoms with E-state index in [9.17, 15) is 0 Å². The van der Waals surface area contributed by atoms with Crippen LogP contribution < -0.4 is 10.1 Å². The van der Waals surface area contributed by atoms with E-state index in [1.165, 1.54) is 18.4 Å². The summed E-state index contributed by atoms with van der Waals surface area (Å²) in [7, 11) is 1.70. The number of methoxy groups -OCH3 is 1. The SMILES string of the molecule is CCC(Br)CCNCc1cccc(OC)c1. The third-order valence-electron chi connectivity index (χ3n) is 2.54. The summed E-state index contributed by atoms with van der Waals surface area (Å²) in [5, 5.41) is 3.43. The smallest absolute Gasteiger partial charge is 0.119 e. The highest BCUT2D eigenvalue weighted by Crippen LogP contribution is 2.12. The van der Waals surface area contributed by atoms with Crippen molar-refractivity contribution in [1.82, 2.24) is 5.32 Å². The maximum atomic E-state index is 5.18. The van der Waals surface area contributed by atoms with E-state index in [1.807, 2.05) is 12.1 Å². The van der Waals surface area contributed by atoms with Crippen molar-refractivity contribution in [2.45, 2.75) is 31.1 Å². The van der Waals surface area contributed by atoms with Crippen molar-refractivity contribution in [3.8, 4) is 5.75 Å². The Hall–Kier alpha value is -0.540. The van der Waals surface area contributed by atoms with Gasteiger partial charge in [0.1, 0.15) is 5.75 Å². The molecule has 1 atom stereocenters. The maximum absolute atomic E-state index is 5.18. The van der Waals surface area contributed by atoms with Gasteiger partial charge in [0.05, 0.1) is 7.11 Å². The van der Waals surface area contributed by atoms with Gasteiger partial charge in [-0.15, -0.1) is 0 Å². The number of halogens is 1. The van der Waals surface area contributed by atoms with Gasteiger partial charge in [-0.3, -0.25) is 0 Å². The van der Waals surface area contributed by atoms with Crippen LogP contribution in [0.1, 0.15) is 25.3 Å². The highest BCUT2D eigenvalue weighted by molar-refractivity contribution is 9.09. The first-order valence-corrected chi connectivity index (χ1v) is 6.65. The van der Waals surface area contributed by atoms with Crippen LogP contribution in [0.4, 0.5) is 0 Å². The van der Waals surface area contributed by atoms with Gasteiger partial charge in [-0.25, -0.2) is 0 Å². The van der Waals surface area contributed by atoms with E-state index in [0.717, 1.165) is 18.8 Å². The van der Waals surface area contributed by atoms with E-state index >= 15 is 0 Å². The van der Waals surface area contributed by atoms with Crippen LogP contribution in [0, 0.1) is 0 Å². The molecule has 1 rings (SSSR count). The summed E-state index contributed by atoms with van der Waals surface area (Å²) >= 11 is 3.63. The molecule has 16 heavy (non-hydrogen) atoms. The molecule has 1 N–H and O–H groups in total. The monoisotopic (exact) mass is 285 g/mol. The van der Waals surface area contributed by atoms with E-state index < -0.39 is 0 Å². The van der Waals surface area contributed by atoms with Gasteiger partial charge in [0.15, 0.2) is 0 Å². The second-order valence-electron chi connectivity index (χ2n) is 3.82. The van der Waals surface area contributed by atoms with E-state index in [2.05, 4.69) is 40.3 Å². The van der Waals surface area contributed by atoms with E-state index in [0.29, 0.717) is 4.83 Å². The predicted octanol–water partition coefficient (Wildman–Crippen LogP) is 3.35. The summed E-state index contributed by atoms with van der Waals surface area (Å²) < 4.78 is 5.18. The van der Waals surface area contributed by atoms with Crippen molar-refractivity contribution in [3.05, 3.63) is 29.8 Å². The van der Waals surface area contributed by atoms with Gasteiger partial charge in [-0.2, -0.15) is 0 Å². The van der Waals surface area contributed by atoms with Gasteiger partial charge >= 0.3 is 0 Å². The lowest BCUT2D eigenvalue weighted by Gasteiger charge is -2.09. The summed E-state index contributed by atoms with van der Waals surface area (Å²) in [6, 6.07) is 8.17. The standard InChI is InChI=1S/C13H20BrNO/c1-3-12(14)7-8-15-10-11-5-4-6-13(9-11)16-2/h4-6,9,12,15H,3,7-8,10H2,1-2H3. The van der Waals surface area contributed by atoms with Crippen LogP contribution in [0.5, 0.6) is 5.75 Å². The second kappa shape index (κ2) is 7.69. The van der Waals surface area contributed by atoms with Gasteiger partial charge in [0.2, 0.25) is 0 Å². The fourth-order valence-electron chi connectivity index (χ4n) is 1.48. The Morgan fingerprint density at radius 1 is 1.44 bits per heavy atom. The molecular weight excluding hydrogens is 266 g/mol. The minimum absolute atomic E-state index is 0.630. The molecule has 90 valence electrons. The molecule has 0 bridgehead atoms. The summed E-state index contributed by atoms with van der Waals surface area (Å²) in [6.07, 6.45) is 2.35. The summed E-state index contributed by atoms with van der Waals surface area (Å²) in [5.41, 5.74) is 1.27. The minimum Gasteiger partial charge on any atom is -0.497 e. The molecule has 0 aliphatic heterocycles. The van der Waals surface area contributed by atoms with Crippen molar-refractivity contribution in [2.75, 3.05) is 13.7 Å². The first kappa shape index (κ1) is 13.5. The van der Waals surface area contributed by atoms with Crippen molar-refractivity contribution < 1.29 is 4.74 Å². The van der Waals surface area contributed by atoms with Crippen molar-refractivity contribution in [1.29, 1.82) is 0 Å². The molecule has 1 aromatic carbocycles. The summed E-state index contributed by atoms with van der Waals surface area (Å²) in [6.45, 7) is 4.14. The van der Waals surface area contributed by atoms with Gasteiger partial charge in [0, 0.05) is 11.4 Å². The number of ether oxygens (including phenoxy) is 1. The molecule has 1 unspecified atom stereocenters. The third-order valence-corrected chi connectivity index (χ3v) is 3.65. The molecule has 0 spiro atoms. The fourth-order valence-corrected chi connectivity index (χ4v) is 1.71. The molecule has 0 saturated carbocycles. The maximum Gasteiger partial charge on any atom is 0.119 e. The molecule has 0 aromatic heterocycles. The van der Waals surface area contributed by atoms with Gasteiger partial charge in [-0.1, -0.05) is 35.0 Å². The lowest BCUT2D eigenvalue weighted by atomic mass is 10.2. The highest BCUT2D eigenvalue weighted by Gasteiger charge is 2.00. The van der Waals surface area contributed by atoms with E-state index in [4.69, 9.17) is 4.74 Å². The van der Waals surface area contributed by atoms with Crippen LogP contribution >= 0.6 is 15.9 Å². The molecule has 1 aromatic rings. The Labute approximate surface area is 107 Å². The number of alkyl halides is 1. The number of hydrogen-bond acceptors (Lipinski definition) is 2. The zero-order valence-electron chi connectivity index (χ0n) is 10.0. The van der Waals surface area contributed by atoms with Crippen molar-refractivity contribution in [2.24, 2.45) is 0 Å². The first-order valence-electron chi connectivity index (χ1n) is 5.74. The average molecular weight is 286 g/mol. The van der Waals surface area contributed by atoms with Gasteiger partial charge in [-0.05, 0) is 37.1 Å². The van der Waals surface area contributed by atoms with Crippen molar-refractivity contribution in [3.63, 3.8) is 0 Å². The lowest BCUT2D eigenvalue weighted by Crippen LogP contribution is -2.17. The Morgan fingerprint density at radius 2 is 2.25 bits per heavy atom. The molecule has 0 aliphatic rings. The fraction of sp³-hybridized carbons (Fsp3) is 0.538. The van der Waals surface area contributed by atoms with Crippen LogP contribution in [0.3, 0.4) is 0 Å². The quantitative estimate of drug-likeness (QED) is 0.613. The van der Waals surface area contributed by atoms with Gasteiger partial charge < -0.3 is 10.1 Å². The molecular formula is C13H20BrNO. The minimum atomic E-state index is 0.630. The number of benzene rings is 1. The lowest BCUT2D eigenvalue weighted by molar-refractivity contribution is 0.414. The normalized spacial score (nSPS) is 12.4. The molecule has 2 nitrogen and oxygen atoms in total. The van der Waals surface area contributed by atoms with Crippen LogP contribution in [0.25, 0.3) is 0 Å². The van der Waals surface area contributed by atoms with E-state index in [-0.39, 0.29) is 0 Å². The van der Waals surface area contributed by atoms with Crippen LogP contribution in [-0.2, 0) is 6.54 Å². The predicted molar refractivity (Wildman–Crippen MR) is 72.3 cm³/mol. The molecule has 0 amide bonds. The molecule has 0 aliphatic carbocycles. The summed E-state index contributed by atoms with van der Waals surface area (Å²) in [4.78, 5) is 0.630. The zero-order chi connectivity index (χ0) is 11.8. The third kappa shape index (κ3) is 4.99. The Balaban J connectivity index is 2.26. The molecule has 3 heteroatoms. The van der Waals surface area contributed by atoms with Crippen LogP contribution in [0.15, 0.2) is 24.3 Å². The Bertz CT molecular complexity index is 304. The Kier molecular flexibility index (Phi) is 6.50. The highest BCUT2D eigenvalue weighted by atomic mass is 79.9.